The molecule has 1 aliphatic rings. The number of carbonyl (C=O) groups is 1. The summed E-state index contributed by atoms with van der Waals surface area (Å²) in [5.41, 5.74) is 3.98. The van der Waals surface area contributed by atoms with Crippen LogP contribution in [-0.4, -0.2) is 12.5 Å². The zero-order valence-corrected chi connectivity index (χ0v) is 14.2. The van der Waals surface area contributed by atoms with Crippen molar-refractivity contribution in [2.75, 3.05) is 11.9 Å². The van der Waals surface area contributed by atoms with Gasteiger partial charge in [0.2, 0.25) is 0 Å². The Kier molecular flexibility index (Phi) is 4.47. The summed E-state index contributed by atoms with van der Waals surface area (Å²) < 4.78 is 0.936. The summed E-state index contributed by atoms with van der Waals surface area (Å²) in [6, 6.07) is 11.4. The summed E-state index contributed by atoms with van der Waals surface area (Å²) in [6.45, 7) is 1.87. The van der Waals surface area contributed by atoms with Gasteiger partial charge in [-0.05, 0) is 77.0 Å². The zero-order chi connectivity index (χ0) is 14.8. The third-order valence-corrected chi connectivity index (χ3v) is 5.10. The second-order valence-corrected chi connectivity index (χ2v) is 6.56. The van der Waals surface area contributed by atoms with Gasteiger partial charge in [0, 0.05) is 21.4 Å². The van der Waals surface area contributed by atoms with Crippen molar-refractivity contribution in [2.45, 2.75) is 13.0 Å². The Bertz CT molecular complexity index is 703. The van der Waals surface area contributed by atoms with Crippen LogP contribution < -0.4 is 10.6 Å². The van der Waals surface area contributed by atoms with E-state index in [0.29, 0.717) is 10.6 Å². The van der Waals surface area contributed by atoms with Crippen molar-refractivity contribution in [3.63, 3.8) is 0 Å². The van der Waals surface area contributed by atoms with Gasteiger partial charge in [0.25, 0.3) is 5.91 Å². The quantitative estimate of drug-likeness (QED) is 0.736. The number of anilines is 1. The number of hydrogen-bond donors (Lipinski definition) is 2. The van der Waals surface area contributed by atoms with Crippen LogP contribution in [0, 0.1) is 3.57 Å². The lowest BCUT2D eigenvalue weighted by Crippen LogP contribution is -2.23. The van der Waals surface area contributed by atoms with Gasteiger partial charge in [-0.2, -0.15) is 0 Å². The zero-order valence-electron chi connectivity index (χ0n) is 11.2. The maximum Gasteiger partial charge on any atom is 0.255 e. The average Bonchev–Trinajstić information content (AvgIpc) is 2.50. The van der Waals surface area contributed by atoms with E-state index in [1.807, 2.05) is 18.2 Å². The van der Waals surface area contributed by atoms with E-state index in [-0.39, 0.29) is 5.91 Å². The fourth-order valence-corrected chi connectivity index (χ4v) is 2.91. The van der Waals surface area contributed by atoms with Crippen LogP contribution in [0.1, 0.15) is 21.5 Å². The van der Waals surface area contributed by atoms with E-state index in [1.165, 1.54) is 11.1 Å². The number of carbonyl (C=O) groups excluding carboxylic acids is 1. The van der Waals surface area contributed by atoms with Gasteiger partial charge in [0.05, 0.1) is 5.02 Å². The van der Waals surface area contributed by atoms with Gasteiger partial charge >= 0.3 is 0 Å². The Morgan fingerprint density at radius 3 is 2.86 bits per heavy atom. The molecule has 1 heterocycles. The molecule has 2 N–H and O–H groups in total. The van der Waals surface area contributed by atoms with Crippen molar-refractivity contribution in [1.29, 1.82) is 0 Å². The van der Waals surface area contributed by atoms with Crippen molar-refractivity contribution in [3.05, 3.63) is 61.7 Å². The SMILES string of the molecule is O=C(Nc1ccc2c(c1)CNCC2)c1ccc(I)c(Cl)c1. The predicted octanol–water partition coefficient (Wildman–Crippen LogP) is 3.84. The first-order valence-electron chi connectivity index (χ1n) is 6.72. The second-order valence-electron chi connectivity index (χ2n) is 4.99. The van der Waals surface area contributed by atoms with E-state index in [0.717, 1.165) is 28.8 Å². The van der Waals surface area contributed by atoms with E-state index >= 15 is 0 Å². The molecule has 0 aliphatic carbocycles. The molecular weight excluding hydrogens is 399 g/mol. The minimum absolute atomic E-state index is 0.142. The largest absolute Gasteiger partial charge is 0.322 e. The number of halogens is 2. The molecule has 21 heavy (non-hydrogen) atoms. The maximum absolute atomic E-state index is 12.3. The van der Waals surface area contributed by atoms with Crippen LogP contribution in [0.4, 0.5) is 5.69 Å². The summed E-state index contributed by atoms with van der Waals surface area (Å²) in [4.78, 5) is 12.3. The van der Waals surface area contributed by atoms with E-state index in [2.05, 4.69) is 39.3 Å². The highest BCUT2D eigenvalue weighted by molar-refractivity contribution is 14.1. The number of rotatable bonds is 2. The summed E-state index contributed by atoms with van der Waals surface area (Å²) >= 11 is 8.20. The lowest BCUT2D eigenvalue weighted by molar-refractivity contribution is 0.102. The predicted molar refractivity (Wildman–Crippen MR) is 94.0 cm³/mol. The molecule has 0 unspecified atom stereocenters. The first-order valence-corrected chi connectivity index (χ1v) is 8.18. The molecule has 0 atom stereocenters. The van der Waals surface area contributed by atoms with Gasteiger partial charge in [-0.15, -0.1) is 0 Å². The molecule has 0 saturated heterocycles. The smallest absolute Gasteiger partial charge is 0.255 e. The normalized spacial score (nSPS) is 13.6. The molecule has 5 heteroatoms. The Morgan fingerprint density at radius 2 is 2.05 bits per heavy atom. The molecule has 0 aromatic heterocycles. The Hall–Kier alpha value is -1.11. The molecule has 108 valence electrons. The molecule has 0 bridgehead atoms. The van der Waals surface area contributed by atoms with Crippen LogP contribution in [0.5, 0.6) is 0 Å². The highest BCUT2D eigenvalue weighted by atomic mass is 127. The first kappa shape index (κ1) is 14.8. The number of benzene rings is 2. The topological polar surface area (TPSA) is 41.1 Å². The number of amides is 1. The molecule has 3 rings (SSSR count). The van der Waals surface area contributed by atoms with Crippen LogP contribution in [0.3, 0.4) is 0 Å². The van der Waals surface area contributed by atoms with Gasteiger partial charge in [-0.3, -0.25) is 4.79 Å². The maximum atomic E-state index is 12.3. The molecule has 3 nitrogen and oxygen atoms in total. The molecule has 2 aromatic carbocycles. The minimum Gasteiger partial charge on any atom is -0.322 e. The monoisotopic (exact) mass is 412 g/mol. The molecular formula is C16H14ClIN2O. The lowest BCUT2D eigenvalue weighted by atomic mass is 10.0. The van der Waals surface area contributed by atoms with Crippen molar-refractivity contribution in [1.82, 2.24) is 5.32 Å². The van der Waals surface area contributed by atoms with Crippen LogP contribution in [-0.2, 0) is 13.0 Å². The van der Waals surface area contributed by atoms with Crippen molar-refractivity contribution < 1.29 is 4.79 Å². The first-order chi connectivity index (χ1) is 10.1. The Balaban J connectivity index is 1.79. The highest BCUT2D eigenvalue weighted by Gasteiger charge is 2.12. The standard InChI is InChI=1S/C16H14ClIN2O/c17-14-8-11(2-4-15(14)18)16(21)20-13-3-1-10-5-6-19-9-12(10)7-13/h1-4,7-8,19H,5-6,9H2,(H,20,21). The fraction of sp³-hybridized carbons (Fsp3) is 0.188. The van der Waals surface area contributed by atoms with Gasteiger partial charge in [-0.1, -0.05) is 17.7 Å². The second kappa shape index (κ2) is 6.34. The third-order valence-electron chi connectivity index (χ3n) is 3.53. The van der Waals surface area contributed by atoms with Gasteiger partial charge in [0.15, 0.2) is 0 Å². The Morgan fingerprint density at radius 1 is 1.19 bits per heavy atom. The van der Waals surface area contributed by atoms with Gasteiger partial charge in [0.1, 0.15) is 0 Å². The van der Waals surface area contributed by atoms with Crippen molar-refractivity contribution in [2.24, 2.45) is 0 Å². The van der Waals surface area contributed by atoms with Crippen LogP contribution in [0.25, 0.3) is 0 Å². The molecule has 0 fully saturated rings. The molecule has 0 spiro atoms. The summed E-state index contributed by atoms with van der Waals surface area (Å²) in [5.74, 6) is -0.142. The van der Waals surface area contributed by atoms with Crippen molar-refractivity contribution in [3.8, 4) is 0 Å². The van der Waals surface area contributed by atoms with E-state index in [9.17, 15) is 4.79 Å². The van der Waals surface area contributed by atoms with Gasteiger partial charge < -0.3 is 10.6 Å². The van der Waals surface area contributed by atoms with E-state index < -0.39 is 0 Å². The highest BCUT2D eigenvalue weighted by Crippen LogP contribution is 2.22. The molecule has 1 aliphatic heterocycles. The summed E-state index contributed by atoms with van der Waals surface area (Å²) in [7, 11) is 0. The summed E-state index contributed by atoms with van der Waals surface area (Å²) in [6.07, 6.45) is 1.04. The summed E-state index contributed by atoms with van der Waals surface area (Å²) in [5, 5.41) is 6.86. The molecule has 2 aromatic rings. The average molecular weight is 413 g/mol. The third kappa shape index (κ3) is 3.39. The number of hydrogen-bond acceptors (Lipinski definition) is 2. The number of fused-ring (bicyclic) bond motifs is 1. The number of nitrogens with one attached hydrogen (secondary N) is 2. The van der Waals surface area contributed by atoms with Crippen molar-refractivity contribution >= 4 is 45.8 Å². The minimum atomic E-state index is -0.142. The fourth-order valence-electron chi connectivity index (χ4n) is 2.40. The Labute approximate surface area is 142 Å². The molecule has 0 radical (unpaired) electrons. The lowest BCUT2D eigenvalue weighted by Gasteiger charge is -2.18. The van der Waals surface area contributed by atoms with E-state index in [1.54, 1.807) is 12.1 Å². The molecule has 1 amide bonds. The van der Waals surface area contributed by atoms with E-state index in [4.69, 9.17) is 11.6 Å². The van der Waals surface area contributed by atoms with Crippen LogP contribution >= 0.6 is 34.2 Å². The van der Waals surface area contributed by atoms with Crippen LogP contribution in [0.2, 0.25) is 5.02 Å². The van der Waals surface area contributed by atoms with Crippen LogP contribution in [0.15, 0.2) is 36.4 Å². The molecule has 0 saturated carbocycles. The van der Waals surface area contributed by atoms with Gasteiger partial charge in [-0.25, -0.2) is 0 Å².